The van der Waals surface area contributed by atoms with Crippen molar-refractivity contribution in [2.24, 2.45) is 4.99 Å². The lowest BCUT2D eigenvalue weighted by Crippen LogP contribution is -2.30. The molecule has 1 aliphatic heterocycles. The number of amidine groups is 1. The Bertz CT molecular complexity index is 945. The first kappa shape index (κ1) is 20.3. The Morgan fingerprint density at radius 3 is 2.43 bits per heavy atom. The summed E-state index contributed by atoms with van der Waals surface area (Å²) >= 11 is 3.46. The number of hydrogen-bond donors (Lipinski definition) is 2. The molecule has 1 heterocycles. The number of aliphatic imine (C=N–C) groups is 1. The van der Waals surface area contributed by atoms with Gasteiger partial charge in [0.1, 0.15) is 5.25 Å². The summed E-state index contributed by atoms with van der Waals surface area (Å²) < 4.78 is 1.09. The first-order chi connectivity index (χ1) is 13.3. The highest BCUT2D eigenvalue weighted by atomic mass is 127. The van der Waals surface area contributed by atoms with E-state index in [9.17, 15) is 14.4 Å². The van der Waals surface area contributed by atoms with E-state index in [1.54, 1.807) is 7.05 Å². The molecular weight excluding hydrogens is 493 g/mol. The number of carbonyl (C=O) groups is 3. The van der Waals surface area contributed by atoms with Gasteiger partial charge < -0.3 is 10.4 Å². The molecule has 2 aromatic rings. The van der Waals surface area contributed by atoms with Crippen molar-refractivity contribution in [2.75, 3.05) is 12.4 Å². The third kappa shape index (κ3) is 4.90. The molecular formula is C19H16IN3O4S. The summed E-state index contributed by atoms with van der Waals surface area (Å²) in [7, 11) is 1.64. The van der Waals surface area contributed by atoms with Gasteiger partial charge >= 0.3 is 5.97 Å². The highest BCUT2D eigenvalue weighted by Gasteiger charge is 2.37. The zero-order chi connectivity index (χ0) is 20.3. The smallest absolute Gasteiger partial charge is 0.335 e. The van der Waals surface area contributed by atoms with Gasteiger partial charge in [0.2, 0.25) is 11.8 Å². The van der Waals surface area contributed by atoms with Crippen LogP contribution in [0.3, 0.4) is 0 Å². The molecule has 1 fully saturated rings. The van der Waals surface area contributed by atoms with Gasteiger partial charge in [-0.1, -0.05) is 11.8 Å². The van der Waals surface area contributed by atoms with E-state index in [1.165, 1.54) is 40.9 Å². The zero-order valence-electron chi connectivity index (χ0n) is 14.8. The number of rotatable bonds is 5. The first-order valence-corrected chi connectivity index (χ1v) is 10.2. The number of nitrogens with one attached hydrogen (secondary N) is 1. The molecule has 144 valence electrons. The summed E-state index contributed by atoms with van der Waals surface area (Å²) in [6.45, 7) is 0. The van der Waals surface area contributed by atoms with Crippen LogP contribution in [-0.2, 0) is 9.59 Å². The van der Waals surface area contributed by atoms with E-state index in [2.05, 4.69) is 32.9 Å². The van der Waals surface area contributed by atoms with Gasteiger partial charge in [0.25, 0.3) is 0 Å². The predicted octanol–water partition coefficient (Wildman–Crippen LogP) is 3.58. The molecule has 3 rings (SSSR count). The van der Waals surface area contributed by atoms with Crippen LogP contribution in [0.5, 0.6) is 0 Å². The lowest BCUT2D eigenvalue weighted by molar-refractivity contribution is -0.127. The van der Waals surface area contributed by atoms with Crippen LogP contribution in [0.1, 0.15) is 16.8 Å². The average molecular weight is 509 g/mol. The van der Waals surface area contributed by atoms with Crippen LogP contribution in [0.4, 0.5) is 11.4 Å². The molecule has 1 atom stereocenters. The number of carboxylic acid groups (broad SMARTS) is 1. The molecule has 0 aromatic heterocycles. The number of hydrogen-bond acceptors (Lipinski definition) is 5. The van der Waals surface area contributed by atoms with Crippen LogP contribution in [-0.4, -0.2) is 45.3 Å². The fourth-order valence-corrected chi connectivity index (χ4v) is 4.01. The normalized spacial score (nSPS) is 17.8. The SMILES string of the molecule is CN1C(=O)[C@@H](CC(=O)Nc2ccc(C(=O)O)cc2)SC1=Nc1ccc(I)cc1. The Morgan fingerprint density at radius 2 is 1.82 bits per heavy atom. The third-order valence-corrected chi connectivity index (χ3v) is 5.93. The predicted molar refractivity (Wildman–Crippen MR) is 117 cm³/mol. The maximum Gasteiger partial charge on any atom is 0.335 e. The molecule has 2 amide bonds. The topological polar surface area (TPSA) is 99.1 Å². The molecule has 2 aromatic carbocycles. The minimum Gasteiger partial charge on any atom is -0.478 e. The largest absolute Gasteiger partial charge is 0.478 e. The van der Waals surface area contributed by atoms with E-state index in [0.717, 1.165) is 9.26 Å². The van der Waals surface area contributed by atoms with Crippen molar-refractivity contribution in [3.8, 4) is 0 Å². The number of aromatic carboxylic acids is 1. The van der Waals surface area contributed by atoms with E-state index in [0.29, 0.717) is 10.9 Å². The molecule has 0 saturated carbocycles. The second kappa shape index (κ2) is 8.74. The summed E-state index contributed by atoms with van der Waals surface area (Å²) in [4.78, 5) is 41.6. The number of thioether (sulfide) groups is 1. The van der Waals surface area contributed by atoms with Crippen molar-refractivity contribution in [3.63, 3.8) is 0 Å². The fourth-order valence-electron chi connectivity index (χ4n) is 2.50. The van der Waals surface area contributed by atoms with Gasteiger partial charge in [-0.15, -0.1) is 0 Å². The van der Waals surface area contributed by atoms with Gasteiger partial charge in [-0.2, -0.15) is 0 Å². The summed E-state index contributed by atoms with van der Waals surface area (Å²) in [5.41, 5.74) is 1.36. The van der Waals surface area contributed by atoms with E-state index in [-0.39, 0.29) is 23.8 Å². The molecule has 1 aliphatic rings. The number of carbonyl (C=O) groups excluding carboxylic acids is 2. The summed E-state index contributed by atoms with van der Waals surface area (Å²) in [5, 5.41) is 11.6. The fraction of sp³-hybridized carbons (Fsp3) is 0.158. The second-order valence-electron chi connectivity index (χ2n) is 6.01. The highest BCUT2D eigenvalue weighted by Crippen LogP contribution is 2.31. The first-order valence-electron chi connectivity index (χ1n) is 8.25. The molecule has 0 aliphatic carbocycles. The minimum atomic E-state index is -1.03. The van der Waals surface area contributed by atoms with Crippen LogP contribution in [0.2, 0.25) is 0 Å². The standard InChI is InChI=1S/C19H16IN3O4S/c1-23-17(25)15(28-19(23)22-14-8-4-12(20)5-9-14)10-16(24)21-13-6-2-11(3-7-13)18(26)27/h2-9,15H,10H2,1H3,(H,21,24)(H,26,27)/t15-/m1/s1. The van der Waals surface area contributed by atoms with Crippen LogP contribution in [0.15, 0.2) is 53.5 Å². The van der Waals surface area contributed by atoms with E-state index >= 15 is 0 Å². The Hall–Kier alpha value is -2.40. The molecule has 0 bridgehead atoms. The maximum atomic E-state index is 12.4. The van der Waals surface area contributed by atoms with Gasteiger partial charge in [-0.05, 0) is 71.1 Å². The maximum absolute atomic E-state index is 12.4. The number of anilines is 1. The second-order valence-corrected chi connectivity index (χ2v) is 8.42. The van der Waals surface area contributed by atoms with Crippen molar-refractivity contribution in [2.45, 2.75) is 11.7 Å². The number of carboxylic acids is 1. The van der Waals surface area contributed by atoms with Gasteiger partial charge in [-0.25, -0.2) is 9.79 Å². The van der Waals surface area contributed by atoms with Gasteiger partial charge in [0.15, 0.2) is 5.17 Å². The number of amides is 2. The summed E-state index contributed by atoms with van der Waals surface area (Å²) in [6, 6.07) is 13.5. The molecule has 7 nitrogen and oxygen atoms in total. The molecule has 1 saturated heterocycles. The number of halogens is 1. The Kier molecular flexibility index (Phi) is 6.35. The van der Waals surface area contributed by atoms with Gasteiger partial charge in [0.05, 0.1) is 11.3 Å². The highest BCUT2D eigenvalue weighted by molar-refractivity contribution is 14.1. The third-order valence-electron chi connectivity index (χ3n) is 3.98. The molecule has 0 radical (unpaired) electrons. The molecule has 2 N–H and O–H groups in total. The van der Waals surface area contributed by atoms with Crippen molar-refractivity contribution in [1.29, 1.82) is 0 Å². The number of benzene rings is 2. The van der Waals surface area contributed by atoms with E-state index < -0.39 is 11.2 Å². The zero-order valence-corrected chi connectivity index (χ0v) is 17.7. The van der Waals surface area contributed by atoms with Crippen molar-refractivity contribution in [3.05, 3.63) is 57.7 Å². The van der Waals surface area contributed by atoms with Crippen molar-refractivity contribution in [1.82, 2.24) is 4.90 Å². The van der Waals surface area contributed by atoms with E-state index in [1.807, 2.05) is 24.3 Å². The van der Waals surface area contributed by atoms with Gasteiger partial charge in [0, 0.05) is 22.7 Å². The molecule has 0 spiro atoms. The quantitative estimate of drug-likeness (QED) is 0.601. The number of nitrogens with zero attached hydrogens (tertiary/aromatic N) is 2. The van der Waals surface area contributed by atoms with Crippen LogP contribution in [0, 0.1) is 3.57 Å². The lowest BCUT2D eigenvalue weighted by atomic mass is 10.2. The molecule has 0 unspecified atom stereocenters. The van der Waals surface area contributed by atoms with Crippen LogP contribution in [0.25, 0.3) is 0 Å². The summed E-state index contributed by atoms with van der Waals surface area (Å²) in [6.07, 6.45) is 0.000228. The molecule has 9 heteroatoms. The van der Waals surface area contributed by atoms with Crippen LogP contribution < -0.4 is 5.32 Å². The van der Waals surface area contributed by atoms with Crippen molar-refractivity contribution < 1.29 is 19.5 Å². The van der Waals surface area contributed by atoms with Crippen LogP contribution >= 0.6 is 34.4 Å². The average Bonchev–Trinajstić information content (AvgIpc) is 2.92. The Morgan fingerprint density at radius 1 is 1.18 bits per heavy atom. The van der Waals surface area contributed by atoms with E-state index in [4.69, 9.17) is 5.11 Å². The molecule has 28 heavy (non-hydrogen) atoms. The van der Waals surface area contributed by atoms with Crippen molar-refractivity contribution >= 4 is 68.7 Å². The van der Waals surface area contributed by atoms with Gasteiger partial charge in [-0.3, -0.25) is 14.5 Å². The minimum absolute atomic E-state index is 0.000228. The summed E-state index contributed by atoms with van der Waals surface area (Å²) in [5.74, 6) is -1.53. The monoisotopic (exact) mass is 509 g/mol. The lowest BCUT2D eigenvalue weighted by Gasteiger charge is -2.09. The Balaban J connectivity index is 1.63. The Labute approximate surface area is 179 Å².